The zero-order valence-electron chi connectivity index (χ0n) is 15.0. The van der Waals surface area contributed by atoms with Crippen LogP contribution in [0.1, 0.15) is 47.2 Å². The maximum atomic E-state index is 12.4. The molecule has 2 heterocycles. The third-order valence-corrected chi connectivity index (χ3v) is 5.34. The predicted molar refractivity (Wildman–Crippen MR) is 98.6 cm³/mol. The first kappa shape index (κ1) is 19.4. The lowest BCUT2D eigenvalue weighted by Crippen LogP contribution is -2.48. The number of unbranched alkanes of at least 4 members (excludes halogenated alkanes) is 1. The third-order valence-electron chi connectivity index (χ3n) is 4.34. The van der Waals surface area contributed by atoms with Crippen LogP contribution in [0, 0.1) is 12.8 Å². The molecule has 3 amide bonds. The van der Waals surface area contributed by atoms with E-state index in [-0.39, 0.29) is 30.2 Å². The molecule has 1 unspecified atom stereocenters. The van der Waals surface area contributed by atoms with Crippen molar-refractivity contribution < 1.29 is 14.4 Å². The van der Waals surface area contributed by atoms with Gasteiger partial charge in [0.15, 0.2) is 0 Å². The molecule has 1 aromatic rings. The molecule has 138 valence electrons. The average Bonchev–Trinajstić information content (AvgIpc) is 3.06. The SMILES string of the molecule is CCCCNC(=O)C1CCCN(C(=O)CNC(=O)c2ccc(C)s2)C1. The number of piperidine rings is 1. The lowest BCUT2D eigenvalue weighted by atomic mass is 9.97. The first-order valence-electron chi connectivity index (χ1n) is 8.91. The lowest BCUT2D eigenvalue weighted by Gasteiger charge is -2.32. The molecule has 1 saturated heterocycles. The van der Waals surface area contributed by atoms with Crippen LogP contribution >= 0.6 is 11.3 Å². The van der Waals surface area contributed by atoms with Gasteiger partial charge in [0.25, 0.3) is 5.91 Å². The molecule has 2 N–H and O–H groups in total. The van der Waals surface area contributed by atoms with Crippen LogP contribution in [0.15, 0.2) is 12.1 Å². The summed E-state index contributed by atoms with van der Waals surface area (Å²) in [6, 6.07) is 3.64. The number of aryl methyl sites for hydroxylation is 1. The fraction of sp³-hybridized carbons (Fsp3) is 0.611. The Morgan fingerprint density at radius 3 is 2.76 bits per heavy atom. The molecule has 1 aliphatic rings. The highest BCUT2D eigenvalue weighted by Gasteiger charge is 2.28. The summed E-state index contributed by atoms with van der Waals surface area (Å²) in [7, 11) is 0. The highest BCUT2D eigenvalue weighted by Crippen LogP contribution is 2.17. The Labute approximate surface area is 153 Å². The van der Waals surface area contributed by atoms with Gasteiger partial charge >= 0.3 is 0 Å². The first-order valence-corrected chi connectivity index (χ1v) is 9.73. The highest BCUT2D eigenvalue weighted by atomic mass is 32.1. The van der Waals surface area contributed by atoms with Crippen molar-refractivity contribution in [2.75, 3.05) is 26.2 Å². The van der Waals surface area contributed by atoms with Crippen LogP contribution in [-0.4, -0.2) is 48.8 Å². The second-order valence-corrected chi connectivity index (χ2v) is 7.70. The summed E-state index contributed by atoms with van der Waals surface area (Å²) in [6.07, 6.45) is 3.63. The van der Waals surface area contributed by atoms with Gasteiger partial charge in [0.05, 0.1) is 17.3 Å². The minimum Gasteiger partial charge on any atom is -0.356 e. The van der Waals surface area contributed by atoms with E-state index < -0.39 is 0 Å². The topological polar surface area (TPSA) is 78.5 Å². The summed E-state index contributed by atoms with van der Waals surface area (Å²) in [5.41, 5.74) is 0. The molecule has 0 bridgehead atoms. The molecule has 6 nitrogen and oxygen atoms in total. The van der Waals surface area contributed by atoms with Crippen LogP contribution in [0.4, 0.5) is 0 Å². The zero-order chi connectivity index (χ0) is 18.2. The molecule has 0 saturated carbocycles. The summed E-state index contributed by atoms with van der Waals surface area (Å²) < 4.78 is 0. The van der Waals surface area contributed by atoms with Crippen LogP contribution in [-0.2, 0) is 9.59 Å². The number of nitrogens with one attached hydrogen (secondary N) is 2. The summed E-state index contributed by atoms with van der Waals surface area (Å²) in [5.74, 6) is -0.473. The Bertz CT molecular complexity index is 614. The molecular weight excluding hydrogens is 338 g/mol. The van der Waals surface area contributed by atoms with Crippen molar-refractivity contribution in [2.24, 2.45) is 5.92 Å². The van der Waals surface area contributed by atoms with E-state index in [0.29, 0.717) is 24.5 Å². The fourth-order valence-corrected chi connectivity index (χ4v) is 3.65. The average molecular weight is 365 g/mol. The molecule has 25 heavy (non-hydrogen) atoms. The van der Waals surface area contributed by atoms with Gasteiger partial charge in [-0.15, -0.1) is 11.3 Å². The predicted octanol–water partition coefficient (Wildman–Crippen LogP) is 1.94. The van der Waals surface area contributed by atoms with Crippen LogP contribution < -0.4 is 10.6 Å². The van der Waals surface area contributed by atoms with Crippen LogP contribution in [0.3, 0.4) is 0 Å². The molecule has 1 fully saturated rings. The Morgan fingerprint density at radius 2 is 2.08 bits per heavy atom. The van der Waals surface area contributed by atoms with Gasteiger partial charge in [-0.25, -0.2) is 0 Å². The summed E-state index contributed by atoms with van der Waals surface area (Å²) in [4.78, 5) is 39.9. The van der Waals surface area contributed by atoms with Crippen molar-refractivity contribution in [2.45, 2.75) is 39.5 Å². The number of carbonyl (C=O) groups excluding carboxylic acids is 3. The molecule has 0 spiro atoms. The summed E-state index contributed by atoms with van der Waals surface area (Å²) in [6.45, 7) is 5.76. The van der Waals surface area contributed by atoms with E-state index in [2.05, 4.69) is 17.6 Å². The van der Waals surface area contributed by atoms with E-state index in [9.17, 15) is 14.4 Å². The number of hydrogen-bond acceptors (Lipinski definition) is 4. The van der Waals surface area contributed by atoms with Gasteiger partial charge in [0, 0.05) is 24.5 Å². The standard InChI is InChI=1S/C18H27N3O3S/c1-3-4-9-19-17(23)14-6-5-10-21(12-14)16(22)11-20-18(24)15-8-7-13(2)25-15/h7-8,14H,3-6,9-12H2,1-2H3,(H,19,23)(H,20,24). The van der Waals surface area contributed by atoms with Crippen molar-refractivity contribution in [3.63, 3.8) is 0 Å². The fourth-order valence-electron chi connectivity index (χ4n) is 2.86. The third kappa shape index (κ3) is 5.85. The largest absolute Gasteiger partial charge is 0.356 e. The van der Waals surface area contributed by atoms with Crippen molar-refractivity contribution in [3.8, 4) is 0 Å². The van der Waals surface area contributed by atoms with E-state index in [0.717, 1.165) is 30.6 Å². The summed E-state index contributed by atoms with van der Waals surface area (Å²) >= 11 is 1.41. The first-order chi connectivity index (χ1) is 12.0. The van der Waals surface area contributed by atoms with Gasteiger partial charge in [0.1, 0.15) is 0 Å². The van der Waals surface area contributed by atoms with E-state index in [4.69, 9.17) is 0 Å². The molecule has 1 atom stereocenters. The Balaban J connectivity index is 1.78. The second-order valence-electron chi connectivity index (χ2n) is 6.42. The van der Waals surface area contributed by atoms with E-state index in [1.807, 2.05) is 13.0 Å². The van der Waals surface area contributed by atoms with Gasteiger partial charge < -0.3 is 15.5 Å². The number of hydrogen-bond donors (Lipinski definition) is 2. The van der Waals surface area contributed by atoms with Gasteiger partial charge in [-0.3, -0.25) is 14.4 Å². The Kier molecular flexibility index (Phi) is 7.43. The van der Waals surface area contributed by atoms with E-state index in [1.54, 1.807) is 11.0 Å². The summed E-state index contributed by atoms with van der Waals surface area (Å²) in [5, 5.41) is 5.62. The maximum absolute atomic E-state index is 12.4. The molecule has 7 heteroatoms. The van der Waals surface area contributed by atoms with Gasteiger partial charge in [-0.1, -0.05) is 13.3 Å². The molecular formula is C18H27N3O3S. The number of nitrogens with zero attached hydrogens (tertiary/aromatic N) is 1. The normalized spacial score (nSPS) is 17.2. The van der Waals surface area contributed by atoms with Crippen LogP contribution in [0.2, 0.25) is 0 Å². The molecule has 2 rings (SSSR count). The monoisotopic (exact) mass is 365 g/mol. The van der Waals surface area contributed by atoms with Gasteiger partial charge in [-0.05, 0) is 38.3 Å². The van der Waals surface area contributed by atoms with Crippen molar-refractivity contribution in [1.29, 1.82) is 0 Å². The van der Waals surface area contributed by atoms with Gasteiger partial charge in [-0.2, -0.15) is 0 Å². The van der Waals surface area contributed by atoms with Crippen LogP contribution in [0.5, 0.6) is 0 Å². The number of thiophene rings is 1. The molecule has 0 aliphatic carbocycles. The van der Waals surface area contributed by atoms with E-state index in [1.165, 1.54) is 11.3 Å². The van der Waals surface area contributed by atoms with Gasteiger partial charge in [0.2, 0.25) is 11.8 Å². The quantitative estimate of drug-likeness (QED) is 0.725. The molecule has 0 radical (unpaired) electrons. The van der Waals surface area contributed by atoms with Crippen molar-refractivity contribution in [3.05, 3.63) is 21.9 Å². The minimum atomic E-state index is -0.225. The molecule has 1 aliphatic heterocycles. The van der Waals surface area contributed by atoms with Crippen molar-refractivity contribution in [1.82, 2.24) is 15.5 Å². The van der Waals surface area contributed by atoms with Crippen molar-refractivity contribution >= 4 is 29.1 Å². The van der Waals surface area contributed by atoms with E-state index >= 15 is 0 Å². The number of likely N-dealkylation sites (tertiary alicyclic amines) is 1. The van der Waals surface area contributed by atoms with Crippen LogP contribution in [0.25, 0.3) is 0 Å². The Morgan fingerprint density at radius 1 is 1.28 bits per heavy atom. The minimum absolute atomic E-state index is 0.0278. The number of amides is 3. The second kappa shape index (κ2) is 9.56. The lowest BCUT2D eigenvalue weighted by molar-refractivity contribution is -0.134. The molecule has 0 aromatic carbocycles. The number of carbonyl (C=O) groups is 3. The number of rotatable bonds is 7. The smallest absolute Gasteiger partial charge is 0.261 e. The zero-order valence-corrected chi connectivity index (χ0v) is 15.8. The Hall–Kier alpha value is -1.89. The maximum Gasteiger partial charge on any atom is 0.261 e. The highest BCUT2D eigenvalue weighted by molar-refractivity contribution is 7.13. The molecule has 1 aromatic heterocycles.